The molecular weight excluding hydrogens is 464 g/mol. The predicted octanol–water partition coefficient (Wildman–Crippen LogP) is 4.80. The lowest BCUT2D eigenvalue weighted by Crippen LogP contribution is -2.13. The molecule has 0 aliphatic carbocycles. The normalized spacial score (nSPS) is 11.8. The molecule has 0 amide bonds. The van der Waals surface area contributed by atoms with Gasteiger partial charge in [0.1, 0.15) is 23.3 Å². The van der Waals surface area contributed by atoms with Crippen molar-refractivity contribution < 1.29 is 18.3 Å². The van der Waals surface area contributed by atoms with Gasteiger partial charge in [-0.1, -0.05) is 17.7 Å². The van der Waals surface area contributed by atoms with Crippen LogP contribution < -0.4 is 10.1 Å². The summed E-state index contributed by atoms with van der Waals surface area (Å²) in [6, 6.07) is 13.4. The number of fused-ring (bicyclic) bond motifs is 1. The molecule has 0 saturated heterocycles. The van der Waals surface area contributed by atoms with Crippen LogP contribution in [0.3, 0.4) is 0 Å². The third-order valence-electron chi connectivity index (χ3n) is 5.07. The Bertz CT molecular complexity index is 1400. The first-order valence-electron chi connectivity index (χ1n) is 10.3. The first-order chi connectivity index (χ1) is 15.8. The molecule has 2 aromatic carbocycles. The minimum atomic E-state index is -3.42. The van der Waals surface area contributed by atoms with Crippen molar-refractivity contribution in [2.75, 3.05) is 11.9 Å². The maximum atomic E-state index is 12.4. The average molecular weight is 487 g/mol. The number of sulfone groups is 1. The van der Waals surface area contributed by atoms with E-state index >= 15 is 0 Å². The molecule has 0 radical (unpaired) electrons. The molecule has 33 heavy (non-hydrogen) atoms. The zero-order valence-electron chi connectivity index (χ0n) is 18.1. The first-order valence-corrected chi connectivity index (χ1v) is 12.2. The summed E-state index contributed by atoms with van der Waals surface area (Å²) in [7, 11) is -3.42. The highest BCUT2D eigenvalue weighted by Crippen LogP contribution is 2.34. The van der Waals surface area contributed by atoms with E-state index in [9.17, 15) is 13.5 Å². The van der Waals surface area contributed by atoms with Gasteiger partial charge in [0.15, 0.2) is 15.7 Å². The van der Waals surface area contributed by atoms with Crippen LogP contribution in [-0.4, -0.2) is 39.9 Å². The molecule has 172 valence electrons. The van der Waals surface area contributed by atoms with Crippen LogP contribution in [0, 0.1) is 0 Å². The van der Waals surface area contributed by atoms with Gasteiger partial charge in [0, 0.05) is 18.4 Å². The van der Waals surface area contributed by atoms with Gasteiger partial charge >= 0.3 is 0 Å². The summed E-state index contributed by atoms with van der Waals surface area (Å²) in [5.41, 5.74) is 2.20. The van der Waals surface area contributed by atoms with E-state index in [1.54, 1.807) is 50.2 Å². The van der Waals surface area contributed by atoms with Gasteiger partial charge in [0.05, 0.1) is 27.3 Å². The SMILES string of the molecule is CC(C)S(=O)(=O)c1cccc(Oc2ccc(Nc3ncnc4ccn(CCO)c34)cc2Cl)c1. The summed E-state index contributed by atoms with van der Waals surface area (Å²) in [5, 5.41) is 12.3. The second-order valence-electron chi connectivity index (χ2n) is 7.63. The van der Waals surface area contributed by atoms with Crippen molar-refractivity contribution in [3.8, 4) is 11.5 Å². The van der Waals surface area contributed by atoms with E-state index in [4.69, 9.17) is 16.3 Å². The van der Waals surface area contributed by atoms with Gasteiger partial charge in [-0.2, -0.15) is 0 Å². The van der Waals surface area contributed by atoms with Gasteiger partial charge in [-0.15, -0.1) is 0 Å². The van der Waals surface area contributed by atoms with E-state index in [0.717, 1.165) is 11.0 Å². The Morgan fingerprint density at radius 2 is 1.97 bits per heavy atom. The highest BCUT2D eigenvalue weighted by molar-refractivity contribution is 7.92. The van der Waals surface area contributed by atoms with Gasteiger partial charge < -0.3 is 19.7 Å². The fourth-order valence-electron chi connectivity index (χ4n) is 3.33. The predicted molar refractivity (Wildman–Crippen MR) is 128 cm³/mol. The molecule has 0 unspecified atom stereocenters. The third kappa shape index (κ3) is 4.80. The Labute approximate surface area is 196 Å². The number of nitrogens with zero attached hydrogens (tertiary/aromatic N) is 3. The van der Waals surface area contributed by atoms with Crippen molar-refractivity contribution >= 4 is 44.0 Å². The molecule has 8 nitrogen and oxygen atoms in total. The van der Waals surface area contributed by atoms with Crippen LogP contribution in [0.2, 0.25) is 5.02 Å². The van der Waals surface area contributed by atoms with E-state index in [2.05, 4.69) is 15.3 Å². The Kier molecular flexibility index (Phi) is 6.55. The largest absolute Gasteiger partial charge is 0.456 e. The minimum absolute atomic E-state index is 0.00432. The number of anilines is 2. The summed E-state index contributed by atoms with van der Waals surface area (Å²) < 4.78 is 32.6. The van der Waals surface area contributed by atoms with E-state index in [1.807, 2.05) is 16.8 Å². The zero-order valence-corrected chi connectivity index (χ0v) is 19.6. The monoisotopic (exact) mass is 486 g/mol. The molecular formula is C23H23ClN4O4S. The lowest BCUT2D eigenvalue weighted by atomic mass is 10.3. The van der Waals surface area contributed by atoms with Crippen LogP contribution in [0.25, 0.3) is 11.0 Å². The molecule has 10 heteroatoms. The van der Waals surface area contributed by atoms with E-state index in [0.29, 0.717) is 34.6 Å². The number of rotatable bonds is 8. The molecule has 0 aliphatic rings. The smallest absolute Gasteiger partial charge is 0.180 e. The van der Waals surface area contributed by atoms with Crippen LogP contribution in [0.15, 0.2) is 66.0 Å². The highest BCUT2D eigenvalue weighted by Gasteiger charge is 2.20. The molecule has 0 aliphatic heterocycles. The third-order valence-corrected chi connectivity index (χ3v) is 7.52. The van der Waals surface area contributed by atoms with Crippen molar-refractivity contribution in [2.45, 2.75) is 30.5 Å². The number of aliphatic hydroxyl groups excluding tert-OH is 1. The van der Waals surface area contributed by atoms with Gasteiger partial charge in [0.25, 0.3) is 0 Å². The van der Waals surface area contributed by atoms with E-state index < -0.39 is 15.1 Å². The van der Waals surface area contributed by atoms with Gasteiger partial charge in [-0.25, -0.2) is 18.4 Å². The van der Waals surface area contributed by atoms with Crippen LogP contribution in [-0.2, 0) is 16.4 Å². The van der Waals surface area contributed by atoms with Gasteiger partial charge in [-0.05, 0) is 56.3 Å². The van der Waals surface area contributed by atoms with Gasteiger partial charge in [0.2, 0.25) is 0 Å². The Morgan fingerprint density at radius 1 is 1.15 bits per heavy atom. The molecule has 2 heterocycles. The fourth-order valence-corrected chi connectivity index (χ4v) is 4.64. The number of halogens is 1. The lowest BCUT2D eigenvalue weighted by Gasteiger charge is -2.13. The number of ether oxygens (including phenoxy) is 1. The summed E-state index contributed by atoms with van der Waals surface area (Å²) in [6.45, 7) is 3.69. The molecule has 4 rings (SSSR count). The maximum absolute atomic E-state index is 12.4. The Morgan fingerprint density at radius 3 is 2.70 bits per heavy atom. The van der Waals surface area contributed by atoms with Crippen LogP contribution in [0.1, 0.15) is 13.8 Å². The minimum Gasteiger partial charge on any atom is -0.456 e. The average Bonchev–Trinajstić information content (AvgIpc) is 3.20. The number of hydrogen-bond donors (Lipinski definition) is 2. The van der Waals surface area contributed by atoms with Crippen molar-refractivity contribution in [3.05, 3.63) is 66.1 Å². The lowest BCUT2D eigenvalue weighted by molar-refractivity contribution is 0.278. The summed E-state index contributed by atoms with van der Waals surface area (Å²) >= 11 is 6.45. The Balaban J connectivity index is 1.58. The molecule has 2 aromatic heterocycles. The fraction of sp³-hybridized carbons (Fsp3) is 0.217. The van der Waals surface area contributed by atoms with Crippen molar-refractivity contribution in [3.63, 3.8) is 0 Å². The summed E-state index contributed by atoms with van der Waals surface area (Å²) in [6.07, 6.45) is 3.31. The standard InChI is InChI=1S/C23H23ClN4O4S/c1-15(2)33(30,31)18-5-3-4-17(13-18)32-21-7-6-16(12-19(21)24)27-23-22-20(25-14-26-23)8-9-28(22)10-11-29/h3-9,12-15,29H,10-11H2,1-2H3,(H,25,26,27). The maximum Gasteiger partial charge on any atom is 0.180 e. The molecule has 0 saturated carbocycles. The topological polar surface area (TPSA) is 106 Å². The number of aromatic nitrogens is 3. The number of aliphatic hydroxyl groups is 1. The van der Waals surface area contributed by atoms with E-state index in [-0.39, 0.29) is 11.5 Å². The molecule has 0 spiro atoms. The number of hydrogen-bond acceptors (Lipinski definition) is 7. The van der Waals surface area contributed by atoms with E-state index in [1.165, 1.54) is 12.4 Å². The quantitative estimate of drug-likeness (QED) is 0.368. The summed E-state index contributed by atoms with van der Waals surface area (Å²) in [4.78, 5) is 8.78. The zero-order chi connectivity index (χ0) is 23.6. The molecule has 0 fully saturated rings. The Hall–Kier alpha value is -3.14. The second-order valence-corrected chi connectivity index (χ2v) is 10.5. The molecule has 0 bridgehead atoms. The second kappa shape index (κ2) is 9.38. The van der Waals surface area contributed by atoms with Crippen molar-refractivity contribution in [2.24, 2.45) is 0 Å². The van der Waals surface area contributed by atoms with Crippen LogP contribution in [0.5, 0.6) is 11.5 Å². The highest BCUT2D eigenvalue weighted by atomic mass is 35.5. The summed E-state index contributed by atoms with van der Waals surface area (Å²) in [5.74, 6) is 1.34. The number of benzene rings is 2. The number of nitrogens with one attached hydrogen (secondary N) is 1. The molecule has 0 atom stereocenters. The molecule has 2 N–H and O–H groups in total. The van der Waals surface area contributed by atoms with Crippen LogP contribution in [0.4, 0.5) is 11.5 Å². The van der Waals surface area contributed by atoms with Crippen molar-refractivity contribution in [1.82, 2.24) is 14.5 Å². The molecule has 4 aromatic rings. The first kappa shape index (κ1) is 23.0. The van der Waals surface area contributed by atoms with Crippen LogP contribution >= 0.6 is 11.6 Å². The van der Waals surface area contributed by atoms with Gasteiger partial charge in [-0.3, -0.25) is 0 Å². The van der Waals surface area contributed by atoms with Crippen molar-refractivity contribution in [1.29, 1.82) is 0 Å².